The van der Waals surface area contributed by atoms with Gasteiger partial charge in [0.15, 0.2) is 0 Å². The fourth-order valence-electron chi connectivity index (χ4n) is 1.97. The van der Waals surface area contributed by atoms with Gasteiger partial charge in [0.05, 0.1) is 23.2 Å². The van der Waals surface area contributed by atoms with Crippen LogP contribution in [-0.4, -0.2) is 17.4 Å². The molecule has 1 fully saturated rings. The largest absolute Gasteiger partial charge is 0.351 e. The second kappa shape index (κ2) is 4.51. The number of amides is 1. The number of hydrogen-bond acceptors (Lipinski definition) is 4. The lowest BCUT2D eigenvalue weighted by molar-refractivity contribution is -0.135. The van der Waals surface area contributed by atoms with Crippen LogP contribution in [0.4, 0.5) is 0 Å². The molecule has 1 saturated carbocycles. The molecule has 2 rings (SSSR count). The maximum Gasteiger partial charge on any atom is 0.227 e. The number of thiazole rings is 1. The molecule has 88 valence electrons. The number of aryl methyl sites for hydroxylation is 1. The number of aromatic nitrogens is 1. The minimum absolute atomic E-state index is 0.106. The van der Waals surface area contributed by atoms with Gasteiger partial charge in [-0.15, -0.1) is 11.3 Å². The summed E-state index contributed by atoms with van der Waals surface area (Å²) in [4.78, 5) is 17.3. The molecule has 1 aromatic rings. The standard InChI is InChI=1S/C11H17N3OS/c1-8-9(16-7-14-8)5-13-10(15)11(6-12)3-2-4-11/h7H,2-6,12H2,1H3,(H,13,15). The third kappa shape index (κ3) is 1.97. The molecule has 1 aliphatic rings. The van der Waals surface area contributed by atoms with Crippen molar-refractivity contribution in [1.82, 2.24) is 10.3 Å². The van der Waals surface area contributed by atoms with Gasteiger partial charge in [0.1, 0.15) is 0 Å². The van der Waals surface area contributed by atoms with E-state index < -0.39 is 0 Å². The highest BCUT2D eigenvalue weighted by Crippen LogP contribution is 2.40. The van der Waals surface area contributed by atoms with Crippen LogP contribution in [0.15, 0.2) is 5.51 Å². The summed E-state index contributed by atoms with van der Waals surface area (Å²) in [6.07, 6.45) is 2.97. The van der Waals surface area contributed by atoms with Crippen molar-refractivity contribution in [2.75, 3.05) is 6.54 Å². The van der Waals surface area contributed by atoms with Crippen molar-refractivity contribution in [3.63, 3.8) is 0 Å². The number of carbonyl (C=O) groups is 1. The lowest BCUT2D eigenvalue weighted by atomic mass is 9.68. The van der Waals surface area contributed by atoms with E-state index in [9.17, 15) is 4.79 Å². The number of nitrogens with one attached hydrogen (secondary N) is 1. The molecule has 16 heavy (non-hydrogen) atoms. The van der Waals surface area contributed by atoms with Crippen molar-refractivity contribution >= 4 is 17.2 Å². The molecule has 0 bridgehead atoms. The molecule has 0 unspecified atom stereocenters. The molecule has 0 saturated heterocycles. The number of rotatable bonds is 4. The van der Waals surface area contributed by atoms with E-state index in [1.165, 1.54) is 0 Å². The molecule has 3 N–H and O–H groups in total. The van der Waals surface area contributed by atoms with Crippen molar-refractivity contribution < 1.29 is 4.79 Å². The monoisotopic (exact) mass is 239 g/mol. The molecule has 1 aromatic heterocycles. The van der Waals surface area contributed by atoms with E-state index in [2.05, 4.69) is 10.3 Å². The molecule has 0 spiro atoms. The Morgan fingerprint density at radius 3 is 2.88 bits per heavy atom. The van der Waals surface area contributed by atoms with Crippen molar-refractivity contribution in [2.45, 2.75) is 32.7 Å². The van der Waals surface area contributed by atoms with E-state index in [1.54, 1.807) is 16.8 Å². The predicted molar refractivity (Wildman–Crippen MR) is 64.0 cm³/mol. The number of carbonyl (C=O) groups excluding carboxylic acids is 1. The number of nitrogens with two attached hydrogens (primary N) is 1. The first-order valence-electron chi connectivity index (χ1n) is 5.55. The van der Waals surface area contributed by atoms with Crippen LogP contribution in [0.3, 0.4) is 0 Å². The van der Waals surface area contributed by atoms with Gasteiger partial charge in [0.25, 0.3) is 0 Å². The summed E-state index contributed by atoms with van der Waals surface area (Å²) in [7, 11) is 0. The molecule has 5 heteroatoms. The van der Waals surface area contributed by atoms with Crippen LogP contribution < -0.4 is 11.1 Å². The first-order chi connectivity index (χ1) is 7.68. The van der Waals surface area contributed by atoms with E-state index in [4.69, 9.17) is 5.73 Å². The summed E-state index contributed by atoms with van der Waals surface area (Å²) in [5, 5.41) is 2.97. The lowest BCUT2D eigenvalue weighted by Gasteiger charge is -2.39. The molecule has 0 aliphatic heterocycles. The van der Waals surface area contributed by atoms with E-state index in [-0.39, 0.29) is 11.3 Å². The molecular weight excluding hydrogens is 222 g/mol. The van der Waals surface area contributed by atoms with Crippen LogP contribution in [-0.2, 0) is 11.3 Å². The zero-order chi connectivity index (χ0) is 11.6. The zero-order valence-electron chi connectivity index (χ0n) is 9.45. The fraction of sp³-hybridized carbons (Fsp3) is 0.636. The van der Waals surface area contributed by atoms with Gasteiger partial charge in [-0.05, 0) is 19.8 Å². The highest BCUT2D eigenvalue weighted by molar-refractivity contribution is 7.09. The molecule has 0 aromatic carbocycles. The van der Waals surface area contributed by atoms with E-state index in [1.807, 2.05) is 6.92 Å². The quantitative estimate of drug-likeness (QED) is 0.829. The molecule has 0 atom stereocenters. The Balaban J connectivity index is 1.91. The van der Waals surface area contributed by atoms with Crippen molar-refractivity contribution in [3.05, 3.63) is 16.1 Å². The first-order valence-corrected chi connectivity index (χ1v) is 6.43. The Hall–Kier alpha value is -0.940. The molecule has 1 aliphatic carbocycles. The highest BCUT2D eigenvalue weighted by atomic mass is 32.1. The SMILES string of the molecule is Cc1ncsc1CNC(=O)C1(CN)CCC1. The Morgan fingerprint density at radius 2 is 2.44 bits per heavy atom. The van der Waals surface area contributed by atoms with E-state index >= 15 is 0 Å². The molecule has 1 amide bonds. The number of nitrogens with zero attached hydrogens (tertiary/aromatic N) is 1. The summed E-state index contributed by atoms with van der Waals surface area (Å²) < 4.78 is 0. The van der Waals surface area contributed by atoms with Crippen molar-refractivity contribution in [3.8, 4) is 0 Å². The molecule has 0 radical (unpaired) electrons. The van der Waals surface area contributed by atoms with Crippen molar-refractivity contribution in [2.24, 2.45) is 11.1 Å². The molecule has 4 nitrogen and oxygen atoms in total. The minimum Gasteiger partial charge on any atom is -0.351 e. The van der Waals surface area contributed by atoms with Gasteiger partial charge in [-0.3, -0.25) is 4.79 Å². The zero-order valence-corrected chi connectivity index (χ0v) is 10.3. The predicted octanol–water partition coefficient (Wildman–Crippen LogP) is 1.20. The normalized spacial score (nSPS) is 17.9. The van der Waals surface area contributed by atoms with Gasteiger partial charge in [-0.1, -0.05) is 6.42 Å². The average molecular weight is 239 g/mol. The molecular formula is C11H17N3OS. The topological polar surface area (TPSA) is 68.0 Å². The lowest BCUT2D eigenvalue weighted by Crippen LogP contribution is -2.50. The van der Waals surface area contributed by atoms with Crippen LogP contribution in [0, 0.1) is 12.3 Å². The van der Waals surface area contributed by atoms with Crippen LogP contribution in [0.2, 0.25) is 0 Å². The summed E-state index contributed by atoms with van der Waals surface area (Å²) in [5.41, 5.74) is 8.20. The van der Waals surface area contributed by atoms with Crippen LogP contribution in [0.25, 0.3) is 0 Å². The molecule has 1 heterocycles. The van der Waals surface area contributed by atoms with Crippen LogP contribution in [0.1, 0.15) is 29.8 Å². The second-order valence-corrected chi connectivity index (χ2v) is 5.32. The second-order valence-electron chi connectivity index (χ2n) is 4.38. The van der Waals surface area contributed by atoms with Crippen LogP contribution >= 0.6 is 11.3 Å². The maximum absolute atomic E-state index is 12.0. The van der Waals surface area contributed by atoms with Gasteiger partial charge in [0, 0.05) is 11.4 Å². The van der Waals surface area contributed by atoms with Gasteiger partial charge >= 0.3 is 0 Å². The minimum atomic E-state index is -0.279. The van der Waals surface area contributed by atoms with Gasteiger partial charge in [-0.25, -0.2) is 4.98 Å². The van der Waals surface area contributed by atoms with Gasteiger partial charge in [0.2, 0.25) is 5.91 Å². The smallest absolute Gasteiger partial charge is 0.227 e. The van der Waals surface area contributed by atoms with E-state index in [0.717, 1.165) is 29.8 Å². The Morgan fingerprint density at radius 1 is 1.69 bits per heavy atom. The summed E-state index contributed by atoms with van der Waals surface area (Å²) in [6, 6.07) is 0. The summed E-state index contributed by atoms with van der Waals surface area (Å²) in [5.74, 6) is 0.106. The average Bonchev–Trinajstić information content (AvgIpc) is 2.60. The van der Waals surface area contributed by atoms with Crippen LogP contribution in [0.5, 0.6) is 0 Å². The Labute approximate surface area is 99.3 Å². The maximum atomic E-state index is 12.0. The van der Waals surface area contributed by atoms with Gasteiger partial charge < -0.3 is 11.1 Å². The van der Waals surface area contributed by atoms with Gasteiger partial charge in [-0.2, -0.15) is 0 Å². The van der Waals surface area contributed by atoms with E-state index in [0.29, 0.717) is 13.1 Å². The highest BCUT2D eigenvalue weighted by Gasteiger charge is 2.42. The summed E-state index contributed by atoms with van der Waals surface area (Å²) in [6.45, 7) is 3.00. The Bertz CT molecular complexity index is 379. The van der Waals surface area contributed by atoms with Crippen molar-refractivity contribution in [1.29, 1.82) is 0 Å². The first kappa shape index (κ1) is 11.5. The fourth-order valence-corrected chi connectivity index (χ4v) is 2.69. The number of hydrogen-bond donors (Lipinski definition) is 2. The Kier molecular flexibility index (Phi) is 3.25. The third-order valence-electron chi connectivity index (χ3n) is 3.44. The third-order valence-corrected chi connectivity index (χ3v) is 4.37. The summed E-state index contributed by atoms with van der Waals surface area (Å²) >= 11 is 1.58.